The van der Waals surface area contributed by atoms with Crippen LogP contribution in [0.5, 0.6) is 11.5 Å². The van der Waals surface area contributed by atoms with E-state index in [1.807, 2.05) is 12.1 Å². The van der Waals surface area contributed by atoms with Crippen molar-refractivity contribution < 1.29 is 13.9 Å². The Bertz CT molecular complexity index is 1140. The van der Waals surface area contributed by atoms with Crippen LogP contribution >= 0.6 is 0 Å². The predicted octanol–water partition coefficient (Wildman–Crippen LogP) is 4.08. The van der Waals surface area contributed by atoms with Crippen LogP contribution in [0.3, 0.4) is 0 Å². The highest BCUT2D eigenvalue weighted by atomic mass is 19.1. The van der Waals surface area contributed by atoms with Gasteiger partial charge in [-0.15, -0.1) is 0 Å². The second kappa shape index (κ2) is 7.60. The molecule has 0 spiro atoms. The molecule has 0 saturated heterocycles. The molecule has 4 rings (SSSR count). The number of carbonyl (C=O) groups excluding carboxylic acids is 1. The molecule has 2 aromatic carbocycles. The number of benzene rings is 2. The van der Waals surface area contributed by atoms with Gasteiger partial charge < -0.3 is 15.8 Å². The molecule has 1 unspecified atom stereocenters. The second-order valence-corrected chi connectivity index (χ2v) is 6.75. The summed E-state index contributed by atoms with van der Waals surface area (Å²) in [6.07, 6.45) is 3.05. The van der Waals surface area contributed by atoms with Gasteiger partial charge in [-0.3, -0.25) is 4.79 Å². The molecule has 29 heavy (non-hydrogen) atoms. The fraction of sp³-hybridized carbons (Fsp3) is 0.136. The minimum Gasteiger partial charge on any atom is -0.457 e. The maximum absolute atomic E-state index is 14.6. The SMILES string of the molecule is N#Cc1cc(Oc2ccc(NC3CCc4cc(C(N)=O)ccc43)c(F)c2)ccn1. The quantitative estimate of drug-likeness (QED) is 0.686. The molecule has 3 N–H and O–H groups in total. The summed E-state index contributed by atoms with van der Waals surface area (Å²) in [4.78, 5) is 15.2. The molecular weight excluding hydrogens is 371 g/mol. The summed E-state index contributed by atoms with van der Waals surface area (Å²) in [6.45, 7) is 0. The van der Waals surface area contributed by atoms with Crippen LogP contribution in [0.15, 0.2) is 54.7 Å². The van der Waals surface area contributed by atoms with Crippen molar-refractivity contribution in [3.8, 4) is 17.6 Å². The minimum atomic E-state index is -0.457. The summed E-state index contributed by atoms with van der Waals surface area (Å²) in [5.74, 6) is -0.172. The maximum atomic E-state index is 14.6. The average molecular weight is 388 g/mol. The van der Waals surface area contributed by atoms with E-state index < -0.39 is 11.7 Å². The number of nitriles is 1. The molecule has 0 aliphatic heterocycles. The van der Waals surface area contributed by atoms with Gasteiger partial charge in [0.05, 0.1) is 11.7 Å². The van der Waals surface area contributed by atoms with Crippen LogP contribution in [0.2, 0.25) is 0 Å². The fourth-order valence-electron chi connectivity index (χ4n) is 3.46. The van der Waals surface area contributed by atoms with E-state index in [1.54, 1.807) is 30.3 Å². The van der Waals surface area contributed by atoms with Gasteiger partial charge in [-0.05, 0) is 54.3 Å². The normalized spacial score (nSPS) is 14.7. The van der Waals surface area contributed by atoms with Gasteiger partial charge in [0.15, 0.2) is 0 Å². The van der Waals surface area contributed by atoms with E-state index in [4.69, 9.17) is 15.7 Å². The first kappa shape index (κ1) is 18.4. The second-order valence-electron chi connectivity index (χ2n) is 6.75. The van der Waals surface area contributed by atoms with Crippen molar-refractivity contribution in [2.24, 2.45) is 5.73 Å². The number of aromatic nitrogens is 1. The third-order valence-electron chi connectivity index (χ3n) is 4.86. The third kappa shape index (κ3) is 3.87. The van der Waals surface area contributed by atoms with Crippen LogP contribution in [-0.4, -0.2) is 10.9 Å². The van der Waals surface area contributed by atoms with Gasteiger partial charge in [0, 0.05) is 23.9 Å². The van der Waals surface area contributed by atoms with Gasteiger partial charge in [0.25, 0.3) is 0 Å². The van der Waals surface area contributed by atoms with Crippen molar-refractivity contribution in [2.75, 3.05) is 5.32 Å². The number of aryl methyl sites for hydroxylation is 1. The van der Waals surface area contributed by atoms with Crippen LogP contribution in [0.4, 0.5) is 10.1 Å². The van der Waals surface area contributed by atoms with E-state index in [9.17, 15) is 9.18 Å². The number of anilines is 1. The van der Waals surface area contributed by atoms with Gasteiger partial charge in [0.2, 0.25) is 5.91 Å². The Morgan fingerprint density at radius 1 is 1.21 bits per heavy atom. The number of hydrogen-bond acceptors (Lipinski definition) is 5. The molecule has 6 nitrogen and oxygen atoms in total. The maximum Gasteiger partial charge on any atom is 0.248 e. The van der Waals surface area contributed by atoms with Crippen molar-refractivity contribution in [1.29, 1.82) is 5.26 Å². The Kier molecular flexibility index (Phi) is 4.83. The van der Waals surface area contributed by atoms with Gasteiger partial charge in [0.1, 0.15) is 29.1 Å². The van der Waals surface area contributed by atoms with E-state index in [2.05, 4.69) is 10.3 Å². The Hall–Kier alpha value is -3.92. The summed E-state index contributed by atoms with van der Waals surface area (Å²) < 4.78 is 20.2. The number of carbonyl (C=O) groups is 1. The topological polar surface area (TPSA) is 101 Å². The number of halogens is 1. The zero-order valence-electron chi connectivity index (χ0n) is 15.4. The minimum absolute atomic E-state index is 0.0495. The molecule has 0 saturated carbocycles. The Balaban J connectivity index is 1.50. The highest BCUT2D eigenvalue weighted by molar-refractivity contribution is 5.93. The highest BCUT2D eigenvalue weighted by Gasteiger charge is 2.24. The number of fused-ring (bicyclic) bond motifs is 1. The Labute approximate surface area is 166 Å². The molecule has 1 aliphatic rings. The number of primary amides is 1. The summed E-state index contributed by atoms with van der Waals surface area (Å²) in [5, 5.41) is 12.1. The molecule has 1 aromatic heterocycles. The zero-order valence-corrected chi connectivity index (χ0v) is 15.4. The summed E-state index contributed by atoms with van der Waals surface area (Å²) in [5.41, 5.74) is 8.48. The number of nitrogens with two attached hydrogens (primary N) is 1. The van der Waals surface area contributed by atoms with Crippen LogP contribution in [0.25, 0.3) is 0 Å². The van der Waals surface area contributed by atoms with Gasteiger partial charge >= 0.3 is 0 Å². The van der Waals surface area contributed by atoms with E-state index in [0.29, 0.717) is 22.7 Å². The number of pyridine rings is 1. The first-order valence-electron chi connectivity index (χ1n) is 9.06. The van der Waals surface area contributed by atoms with E-state index >= 15 is 0 Å². The van der Waals surface area contributed by atoms with Crippen molar-refractivity contribution in [3.63, 3.8) is 0 Å². The first-order valence-corrected chi connectivity index (χ1v) is 9.06. The number of hydrogen-bond donors (Lipinski definition) is 2. The van der Waals surface area contributed by atoms with Crippen molar-refractivity contribution >= 4 is 11.6 Å². The smallest absolute Gasteiger partial charge is 0.248 e. The molecule has 1 heterocycles. The lowest BCUT2D eigenvalue weighted by Gasteiger charge is -2.17. The van der Waals surface area contributed by atoms with E-state index in [1.165, 1.54) is 18.3 Å². The number of ether oxygens (including phenoxy) is 1. The Morgan fingerprint density at radius 3 is 2.79 bits per heavy atom. The Morgan fingerprint density at radius 2 is 2.03 bits per heavy atom. The highest BCUT2D eigenvalue weighted by Crippen LogP contribution is 2.36. The third-order valence-corrected chi connectivity index (χ3v) is 4.86. The summed E-state index contributed by atoms with van der Waals surface area (Å²) in [6, 6.07) is 14.9. The average Bonchev–Trinajstić information content (AvgIpc) is 3.12. The van der Waals surface area contributed by atoms with Crippen LogP contribution < -0.4 is 15.8 Å². The number of amides is 1. The first-order chi connectivity index (χ1) is 14.0. The molecule has 0 bridgehead atoms. The summed E-state index contributed by atoms with van der Waals surface area (Å²) in [7, 11) is 0. The lowest BCUT2D eigenvalue weighted by Crippen LogP contribution is -2.12. The lowest BCUT2D eigenvalue weighted by atomic mass is 10.0. The standard InChI is InChI=1S/C22H17FN4O2/c23-19-11-16(29-17-7-8-26-15(10-17)12-24)3-6-21(19)27-20-5-2-13-9-14(22(25)28)1-4-18(13)20/h1,3-4,6-11,20,27H,2,5H2,(H2,25,28). The number of nitrogens with one attached hydrogen (secondary N) is 1. The van der Waals surface area contributed by atoms with Gasteiger partial charge in [-0.1, -0.05) is 6.07 Å². The van der Waals surface area contributed by atoms with E-state index in [-0.39, 0.29) is 11.7 Å². The zero-order chi connectivity index (χ0) is 20.4. The number of nitrogens with zero attached hydrogens (tertiary/aromatic N) is 2. The molecule has 0 fully saturated rings. The largest absolute Gasteiger partial charge is 0.457 e. The molecular formula is C22H17FN4O2. The van der Waals surface area contributed by atoms with Crippen molar-refractivity contribution in [1.82, 2.24) is 4.98 Å². The predicted molar refractivity (Wildman–Crippen MR) is 105 cm³/mol. The number of rotatable bonds is 5. The lowest BCUT2D eigenvalue weighted by molar-refractivity contribution is 0.1000. The van der Waals surface area contributed by atoms with Crippen molar-refractivity contribution in [2.45, 2.75) is 18.9 Å². The van der Waals surface area contributed by atoms with Crippen LogP contribution in [-0.2, 0) is 6.42 Å². The molecule has 0 radical (unpaired) electrons. The van der Waals surface area contributed by atoms with Crippen LogP contribution in [0, 0.1) is 17.1 Å². The van der Waals surface area contributed by atoms with Crippen molar-refractivity contribution in [3.05, 3.63) is 82.9 Å². The van der Waals surface area contributed by atoms with Crippen LogP contribution in [0.1, 0.15) is 39.6 Å². The summed E-state index contributed by atoms with van der Waals surface area (Å²) >= 11 is 0. The van der Waals surface area contributed by atoms with Gasteiger partial charge in [-0.25, -0.2) is 9.37 Å². The van der Waals surface area contributed by atoms with E-state index in [0.717, 1.165) is 24.0 Å². The monoisotopic (exact) mass is 388 g/mol. The molecule has 1 aliphatic carbocycles. The fourth-order valence-corrected chi connectivity index (χ4v) is 3.46. The van der Waals surface area contributed by atoms with Gasteiger partial charge in [-0.2, -0.15) is 5.26 Å². The molecule has 1 atom stereocenters. The molecule has 3 aromatic rings. The molecule has 144 valence electrons. The molecule has 1 amide bonds. The molecule has 7 heteroatoms.